The van der Waals surface area contributed by atoms with Crippen LogP contribution in [0.25, 0.3) is 0 Å². The monoisotopic (exact) mass is 374 g/mol. The maximum absolute atomic E-state index is 12.5. The molecule has 6 nitrogen and oxygen atoms in total. The fourth-order valence-corrected chi connectivity index (χ4v) is 2.73. The normalized spacial score (nSPS) is 12.8. The molecule has 2 rings (SSSR count). The summed E-state index contributed by atoms with van der Waals surface area (Å²) in [4.78, 5) is 12.2. The van der Waals surface area contributed by atoms with Gasteiger partial charge in [-0.3, -0.25) is 4.79 Å². The standard InChI is InChI=1S/C15H17F3N4O2S/c1-10(25-14-21-19-9-22(14)7-8-24-2)13(23)20-12-5-3-11(4-6-12)15(16,17)18/h3-6,9-10H,7-8H2,1-2H3,(H,20,23). The molecule has 0 spiro atoms. The minimum absolute atomic E-state index is 0.297. The van der Waals surface area contributed by atoms with Gasteiger partial charge in [0, 0.05) is 19.3 Å². The average Bonchev–Trinajstić information content (AvgIpc) is 2.99. The van der Waals surface area contributed by atoms with Crippen LogP contribution >= 0.6 is 11.8 Å². The van der Waals surface area contributed by atoms with Gasteiger partial charge in [0.05, 0.1) is 17.4 Å². The number of nitrogens with one attached hydrogen (secondary N) is 1. The molecule has 1 aromatic carbocycles. The number of carbonyl (C=O) groups excluding carboxylic acids is 1. The minimum atomic E-state index is -4.40. The van der Waals surface area contributed by atoms with Crippen molar-refractivity contribution >= 4 is 23.4 Å². The largest absolute Gasteiger partial charge is 0.416 e. The Hall–Kier alpha value is -2.07. The van der Waals surface area contributed by atoms with Gasteiger partial charge in [-0.1, -0.05) is 11.8 Å². The molecule has 0 radical (unpaired) electrons. The van der Waals surface area contributed by atoms with Crippen molar-refractivity contribution in [1.29, 1.82) is 0 Å². The Morgan fingerprint density at radius 2 is 2.04 bits per heavy atom. The smallest absolute Gasteiger partial charge is 0.383 e. The quantitative estimate of drug-likeness (QED) is 0.755. The first-order chi connectivity index (χ1) is 11.8. The van der Waals surface area contributed by atoms with Gasteiger partial charge in [-0.25, -0.2) is 0 Å². The fourth-order valence-electron chi connectivity index (χ4n) is 1.88. The van der Waals surface area contributed by atoms with E-state index in [0.717, 1.165) is 12.1 Å². The number of carbonyl (C=O) groups is 1. The van der Waals surface area contributed by atoms with Crippen LogP contribution in [0.3, 0.4) is 0 Å². The maximum Gasteiger partial charge on any atom is 0.416 e. The van der Waals surface area contributed by atoms with Crippen LogP contribution < -0.4 is 5.32 Å². The number of amides is 1. The Kier molecular flexibility index (Phi) is 6.43. The lowest BCUT2D eigenvalue weighted by molar-refractivity contribution is -0.137. The van der Waals surface area contributed by atoms with E-state index in [9.17, 15) is 18.0 Å². The summed E-state index contributed by atoms with van der Waals surface area (Å²) < 4.78 is 44.4. The molecule has 10 heteroatoms. The highest BCUT2D eigenvalue weighted by Crippen LogP contribution is 2.30. The zero-order chi connectivity index (χ0) is 18.4. The summed E-state index contributed by atoms with van der Waals surface area (Å²) in [5, 5.41) is 10.4. The van der Waals surface area contributed by atoms with E-state index < -0.39 is 17.0 Å². The molecule has 0 aliphatic rings. The molecular weight excluding hydrogens is 357 g/mol. The molecule has 1 unspecified atom stereocenters. The SMILES string of the molecule is COCCn1cnnc1SC(C)C(=O)Nc1ccc(C(F)(F)F)cc1. The number of rotatable bonds is 7. The molecule has 1 amide bonds. The molecule has 1 aromatic heterocycles. The molecule has 0 fully saturated rings. The summed E-state index contributed by atoms with van der Waals surface area (Å²) in [7, 11) is 1.58. The van der Waals surface area contributed by atoms with E-state index in [4.69, 9.17) is 4.74 Å². The number of hydrogen-bond donors (Lipinski definition) is 1. The average molecular weight is 374 g/mol. The number of anilines is 1. The van der Waals surface area contributed by atoms with Gasteiger partial charge in [0.25, 0.3) is 0 Å². The molecule has 1 atom stereocenters. The number of benzene rings is 1. The molecule has 0 aliphatic carbocycles. The second kappa shape index (κ2) is 8.34. The first-order valence-corrected chi connectivity index (χ1v) is 8.20. The van der Waals surface area contributed by atoms with E-state index in [1.807, 2.05) is 0 Å². The van der Waals surface area contributed by atoms with E-state index in [0.29, 0.717) is 24.0 Å². The number of ether oxygens (including phenoxy) is 1. The van der Waals surface area contributed by atoms with Crippen LogP contribution in [0.4, 0.5) is 18.9 Å². The lowest BCUT2D eigenvalue weighted by Gasteiger charge is -2.13. The van der Waals surface area contributed by atoms with Crippen molar-refractivity contribution < 1.29 is 22.7 Å². The number of thioether (sulfide) groups is 1. The van der Waals surface area contributed by atoms with E-state index in [-0.39, 0.29) is 5.91 Å². The van der Waals surface area contributed by atoms with Crippen LogP contribution in [0.15, 0.2) is 35.7 Å². The van der Waals surface area contributed by atoms with Crippen molar-refractivity contribution in [3.63, 3.8) is 0 Å². The van der Waals surface area contributed by atoms with Gasteiger partial charge < -0.3 is 14.6 Å². The zero-order valence-corrected chi connectivity index (χ0v) is 14.4. The van der Waals surface area contributed by atoms with Crippen LogP contribution in [0.5, 0.6) is 0 Å². The third-order valence-corrected chi connectivity index (χ3v) is 4.34. The van der Waals surface area contributed by atoms with Gasteiger partial charge in [-0.05, 0) is 31.2 Å². The van der Waals surface area contributed by atoms with Crippen LogP contribution in [-0.2, 0) is 22.3 Å². The molecular formula is C15H17F3N4O2S. The van der Waals surface area contributed by atoms with Gasteiger partial charge in [-0.2, -0.15) is 13.2 Å². The third kappa shape index (κ3) is 5.46. The highest BCUT2D eigenvalue weighted by molar-refractivity contribution is 8.00. The molecule has 1 N–H and O–H groups in total. The van der Waals surface area contributed by atoms with E-state index in [1.54, 1.807) is 24.9 Å². The number of nitrogens with zero attached hydrogens (tertiary/aromatic N) is 3. The fraction of sp³-hybridized carbons (Fsp3) is 0.400. The Balaban J connectivity index is 1.95. The molecule has 136 valence electrons. The Morgan fingerprint density at radius 3 is 2.64 bits per heavy atom. The first-order valence-electron chi connectivity index (χ1n) is 7.33. The summed E-state index contributed by atoms with van der Waals surface area (Å²) in [6, 6.07) is 4.29. The van der Waals surface area contributed by atoms with Crippen LogP contribution in [0.2, 0.25) is 0 Å². The van der Waals surface area contributed by atoms with Gasteiger partial charge >= 0.3 is 6.18 Å². The predicted molar refractivity (Wildman–Crippen MR) is 87.3 cm³/mol. The van der Waals surface area contributed by atoms with Crippen LogP contribution in [0.1, 0.15) is 12.5 Å². The van der Waals surface area contributed by atoms with Crippen molar-refractivity contribution in [2.75, 3.05) is 19.0 Å². The summed E-state index contributed by atoms with van der Waals surface area (Å²) in [6.45, 7) is 2.72. The lowest BCUT2D eigenvalue weighted by Crippen LogP contribution is -2.23. The highest BCUT2D eigenvalue weighted by atomic mass is 32.2. The number of halogens is 3. The number of aromatic nitrogens is 3. The first kappa shape index (κ1) is 19.3. The molecule has 0 saturated carbocycles. The van der Waals surface area contributed by atoms with Gasteiger partial charge in [0.2, 0.25) is 5.91 Å². The van der Waals surface area contributed by atoms with Crippen molar-refractivity contribution in [2.24, 2.45) is 0 Å². The molecule has 0 aliphatic heterocycles. The van der Waals surface area contributed by atoms with Crippen LogP contribution in [-0.4, -0.2) is 39.6 Å². The van der Waals surface area contributed by atoms with Gasteiger partial charge in [-0.15, -0.1) is 10.2 Å². The van der Waals surface area contributed by atoms with Crippen molar-refractivity contribution in [3.05, 3.63) is 36.2 Å². The minimum Gasteiger partial charge on any atom is -0.383 e. The summed E-state index contributed by atoms with van der Waals surface area (Å²) in [6.07, 6.45) is -2.86. The van der Waals surface area contributed by atoms with Gasteiger partial charge in [0.15, 0.2) is 5.16 Å². The Labute approximate surface area is 146 Å². The van der Waals surface area contributed by atoms with Crippen LogP contribution in [0, 0.1) is 0 Å². The number of hydrogen-bond acceptors (Lipinski definition) is 5. The molecule has 0 bridgehead atoms. The van der Waals surface area contributed by atoms with E-state index in [1.165, 1.54) is 23.9 Å². The molecule has 2 aromatic rings. The van der Waals surface area contributed by atoms with Crippen molar-refractivity contribution in [2.45, 2.75) is 30.1 Å². The van der Waals surface area contributed by atoms with Crippen molar-refractivity contribution in [3.8, 4) is 0 Å². The zero-order valence-electron chi connectivity index (χ0n) is 13.6. The summed E-state index contributed by atoms with van der Waals surface area (Å²) >= 11 is 1.20. The molecule has 0 saturated heterocycles. The third-order valence-electron chi connectivity index (χ3n) is 3.25. The second-order valence-electron chi connectivity index (χ2n) is 5.12. The topological polar surface area (TPSA) is 69.0 Å². The van der Waals surface area contributed by atoms with E-state index >= 15 is 0 Å². The second-order valence-corrected chi connectivity index (χ2v) is 6.43. The van der Waals surface area contributed by atoms with Crippen molar-refractivity contribution in [1.82, 2.24) is 14.8 Å². The Morgan fingerprint density at radius 1 is 1.36 bits per heavy atom. The molecule has 25 heavy (non-hydrogen) atoms. The number of methoxy groups -OCH3 is 1. The lowest BCUT2D eigenvalue weighted by atomic mass is 10.2. The summed E-state index contributed by atoms with van der Waals surface area (Å²) in [5.74, 6) is -0.342. The summed E-state index contributed by atoms with van der Waals surface area (Å²) in [5.41, 5.74) is -0.467. The van der Waals surface area contributed by atoms with Gasteiger partial charge in [0.1, 0.15) is 6.33 Å². The maximum atomic E-state index is 12.5. The Bertz CT molecular complexity index is 704. The van der Waals surface area contributed by atoms with E-state index in [2.05, 4.69) is 15.5 Å². The highest BCUT2D eigenvalue weighted by Gasteiger charge is 2.30. The number of alkyl halides is 3. The predicted octanol–water partition coefficient (Wildman–Crippen LogP) is 3.06. The molecule has 1 heterocycles.